The van der Waals surface area contributed by atoms with Crippen LogP contribution in [0.5, 0.6) is 5.75 Å². The summed E-state index contributed by atoms with van der Waals surface area (Å²) in [5.74, 6) is -0.578. The highest BCUT2D eigenvalue weighted by atomic mass is 17.5. The van der Waals surface area contributed by atoms with E-state index in [-0.39, 0.29) is 18.3 Å². The third kappa shape index (κ3) is 5.98. The minimum Gasteiger partial charge on any atom is -0.496 e. The average molecular weight is 314 g/mol. The van der Waals surface area contributed by atoms with Crippen LogP contribution in [0.2, 0.25) is 0 Å². The Balaban J connectivity index is 2.29. The Morgan fingerprint density at radius 2 is 1.86 bits per heavy atom. The maximum atomic E-state index is 11.7. The lowest BCUT2D eigenvalue weighted by Crippen LogP contribution is -2.15. The average Bonchev–Trinajstić information content (AvgIpc) is 2.54. The third-order valence-corrected chi connectivity index (χ3v) is 2.69. The highest BCUT2D eigenvalue weighted by Gasteiger charge is 2.16. The maximum Gasteiger partial charge on any atom is 0.543 e. The number of hydrogen-bond donors (Lipinski definition) is 0. The molecule has 0 saturated carbocycles. The Morgan fingerprint density at radius 3 is 2.55 bits per heavy atom. The van der Waals surface area contributed by atoms with Crippen molar-refractivity contribution in [1.82, 2.24) is 0 Å². The van der Waals surface area contributed by atoms with Crippen molar-refractivity contribution in [3.63, 3.8) is 0 Å². The summed E-state index contributed by atoms with van der Waals surface area (Å²) in [7, 11) is 2.95. The SMILES string of the molecule is COc1ccccc1C(=O)OOOC(=O)OCCC(C)OC. The van der Waals surface area contributed by atoms with Crippen LogP contribution in [0.3, 0.4) is 0 Å². The first-order valence-electron chi connectivity index (χ1n) is 6.46. The van der Waals surface area contributed by atoms with Gasteiger partial charge in [-0.3, -0.25) is 4.89 Å². The summed E-state index contributed by atoms with van der Waals surface area (Å²) in [5.41, 5.74) is 0.121. The van der Waals surface area contributed by atoms with E-state index in [9.17, 15) is 9.59 Å². The molecule has 0 fully saturated rings. The maximum absolute atomic E-state index is 11.7. The van der Waals surface area contributed by atoms with Crippen molar-refractivity contribution in [3.05, 3.63) is 29.8 Å². The monoisotopic (exact) mass is 314 g/mol. The van der Waals surface area contributed by atoms with Gasteiger partial charge in [0.1, 0.15) is 11.3 Å². The van der Waals surface area contributed by atoms with Gasteiger partial charge in [0.05, 0.1) is 24.9 Å². The fourth-order valence-corrected chi connectivity index (χ4v) is 1.38. The van der Waals surface area contributed by atoms with Gasteiger partial charge in [-0.2, -0.15) is 0 Å². The highest BCUT2D eigenvalue weighted by Crippen LogP contribution is 2.18. The molecule has 0 aliphatic rings. The van der Waals surface area contributed by atoms with Crippen molar-refractivity contribution < 1.29 is 38.6 Å². The Bertz CT molecular complexity index is 487. The molecule has 8 nitrogen and oxygen atoms in total. The summed E-state index contributed by atoms with van der Waals surface area (Å²) in [6.07, 6.45) is -0.694. The van der Waals surface area contributed by atoms with E-state index in [0.29, 0.717) is 12.2 Å². The molecule has 0 saturated heterocycles. The second-order valence-electron chi connectivity index (χ2n) is 4.16. The molecule has 0 aliphatic heterocycles. The lowest BCUT2D eigenvalue weighted by Gasteiger charge is -2.09. The number of methoxy groups -OCH3 is 2. The van der Waals surface area contributed by atoms with Crippen molar-refractivity contribution in [2.45, 2.75) is 19.4 Å². The van der Waals surface area contributed by atoms with E-state index in [1.807, 2.05) is 6.92 Å². The summed E-state index contributed by atoms with van der Waals surface area (Å²) in [6.45, 7) is 1.90. The van der Waals surface area contributed by atoms with E-state index in [2.05, 4.69) is 19.6 Å². The Labute approximate surface area is 127 Å². The van der Waals surface area contributed by atoms with Gasteiger partial charge >= 0.3 is 12.1 Å². The molecule has 0 N–H and O–H groups in total. The lowest BCUT2D eigenvalue weighted by atomic mass is 10.2. The minimum absolute atomic E-state index is 0.0582. The molecule has 0 aliphatic carbocycles. The molecule has 0 radical (unpaired) electrons. The first-order chi connectivity index (χ1) is 10.6. The second-order valence-corrected chi connectivity index (χ2v) is 4.16. The fourth-order valence-electron chi connectivity index (χ4n) is 1.38. The molecular weight excluding hydrogens is 296 g/mol. The first-order valence-corrected chi connectivity index (χ1v) is 6.46. The minimum atomic E-state index is -1.13. The van der Waals surface area contributed by atoms with Gasteiger partial charge < -0.3 is 14.2 Å². The lowest BCUT2D eigenvalue weighted by molar-refractivity contribution is -0.452. The third-order valence-electron chi connectivity index (χ3n) is 2.69. The van der Waals surface area contributed by atoms with Gasteiger partial charge in [-0.15, -0.1) is 0 Å². The number of carbonyl (C=O) groups excluding carboxylic acids is 2. The predicted octanol–water partition coefficient (Wildman–Crippen LogP) is 2.28. The van der Waals surface area contributed by atoms with Gasteiger partial charge in [0.25, 0.3) is 0 Å². The fraction of sp³-hybridized carbons (Fsp3) is 0.429. The quantitative estimate of drug-likeness (QED) is 0.410. The van der Waals surface area contributed by atoms with Crippen LogP contribution in [0.4, 0.5) is 4.79 Å². The van der Waals surface area contributed by atoms with Gasteiger partial charge in [0, 0.05) is 13.5 Å². The molecular formula is C14H18O8. The Morgan fingerprint density at radius 1 is 1.14 bits per heavy atom. The number of benzene rings is 1. The molecule has 0 amide bonds. The van der Waals surface area contributed by atoms with E-state index in [4.69, 9.17) is 9.47 Å². The van der Waals surface area contributed by atoms with Crippen LogP contribution >= 0.6 is 0 Å². The molecule has 8 heteroatoms. The van der Waals surface area contributed by atoms with Gasteiger partial charge in [-0.1, -0.05) is 12.1 Å². The van der Waals surface area contributed by atoms with E-state index < -0.39 is 12.1 Å². The van der Waals surface area contributed by atoms with Crippen molar-refractivity contribution in [2.24, 2.45) is 0 Å². The number of ether oxygens (including phenoxy) is 3. The van der Waals surface area contributed by atoms with E-state index in [0.717, 1.165) is 0 Å². The van der Waals surface area contributed by atoms with E-state index in [1.54, 1.807) is 25.3 Å². The normalized spacial score (nSPS) is 11.4. The van der Waals surface area contributed by atoms with Gasteiger partial charge in [0.15, 0.2) is 0 Å². The topological polar surface area (TPSA) is 89.5 Å². The zero-order valence-corrected chi connectivity index (χ0v) is 12.6. The van der Waals surface area contributed by atoms with Crippen molar-refractivity contribution in [1.29, 1.82) is 0 Å². The number of carbonyl (C=O) groups is 2. The molecule has 0 bridgehead atoms. The largest absolute Gasteiger partial charge is 0.543 e. The first kappa shape index (κ1) is 17.7. The summed E-state index contributed by atoms with van der Waals surface area (Å²) < 4.78 is 14.6. The Hall–Kier alpha value is -2.32. The summed E-state index contributed by atoms with van der Waals surface area (Å²) in [6, 6.07) is 6.34. The summed E-state index contributed by atoms with van der Waals surface area (Å²) >= 11 is 0. The Kier molecular flexibility index (Phi) is 7.73. The predicted molar refractivity (Wildman–Crippen MR) is 73.0 cm³/mol. The number of hydrogen-bond acceptors (Lipinski definition) is 8. The molecule has 0 aromatic heterocycles. The van der Waals surface area contributed by atoms with Crippen molar-refractivity contribution in [3.8, 4) is 5.75 Å². The molecule has 0 spiro atoms. The standard InChI is InChI=1S/C14H18O8/c1-10(17-2)8-9-19-14(16)21-22-20-13(15)11-6-4-5-7-12(11)18-3/h4-7,10H,8-9H2,1-3H3. The van der Waals surface area contributed by atoms with Crippen LogP contribution in [0.15, 0.2) is 24.3 Å². The smallest absolute Gasteiger partial charge is 0.496 e. The summed E-state index contributed by atoms with van der Waals surface area (Å²) in [4.78, 5) is 31.3. The molecule has 1 rings (SSSR count). The van der Waals surface area contributed by atoms with E-state index >= 15 is 0 Å². The molecule has 22 heavy (non-hydrogen) atoms. The number of para-hydroxylation sites is 1. The molecule has 1 unspecified atom stereocenters. The van der Waals surface area contributed by atoms with Crippen LogP contribution in [-0.4, -0.2) is 39.1 Å². The molecule has 1 aromatic carbocycles. The van der Waals surface area contributed by atoms with E-state index in [1.165, 1.54) is 13.2 Å². The molecule has 1 atom stereocenters. The van der Waals surface area contributed by atoms with Crippen LogP contribution in [0, 0.1) is 0 Å². The van der Waals surface area contributed by atoms with Crippen LogP contribution in [-0.2, 0) is 24.3 Å². The van der Waals surface area contributed by atoms with Crippen LogP contribution in [0.25, 0.3) is 0 Å². The zero-order valence-electron chi connectivity index (χ0n) is 12.6. The molecule has 122 valence electrons. The molecule has 0 heterocycles. The van der Waals surface area contributed by atoms with Crippen molar-refractivity contribution in [2.75, 3.05) is 20.8 Å². The van der Waals surface area contributed by atoms with Crippen LogP contribution in [0.1, 0.15) is 23.7 Å². The van der Waals surface area contributed by atoms with Gasteiger partial charge in [0.2, 0.25) is 0 Å². The molecule has 1 aromatic rings. The highest BCUT2D eigenvalue weighted by molar-refractivity contribution is 5.92. The number of rotatable bonds is 8. The van der Waals surface area contributed by atoms with Gasteiger partial charge in [-0.05, 0) is 19.1 Å². The van der Waals surface area contributed by atoms with Gasteiger partial charge in [-0.25, -0.2) is 14.5 Å². The van der Waals surface area contributed by atoms with Crippen LogP contribution < -0.4 is 4.74 Å². The second kappa shape index (κ2) is 9.59. The van der Waals surface area contributed by atoms with Crippen molar-refractivity contribution >= 4 is 12.1 Å². The summed E-state index contributed by atoms with van der Waals surface area (Å²) in [5, 5.41) is 4.08. The zero-order chi connectivity index (χ0) is 16.4.